The highest BCUT2D eigenvalue weighted by Gasteiger charge is 2.15. The maximum atomic E-state index is 11.6. The van der Waals surface area contributed by atoms with Gasteiger partial charge in [-0.15, -0.1) is 0 Å². The molecule has 0 aliphatic carbocycles. The van der Waals surface area contributed by atoms with Gasteiger partial charge in [-0.2, -0.15) is 8.42 Å². The van der Waals surface area contributed by atoms with Crippen LogP contribution in [-0.2, 0) is 14.9 Å². The highest BCUT2D eigenvalue weighted by molar-refractivity contribution is 7.90. The molecule has 17 heavy (non-hydrogen) atoms. The number of carbonyl (C=O) groups is 1. The molecule has 0 radical (unpaired) electrons. The molecule has 0 amide bonds. The second-order valence-corrected chi connectivity index (χ2v) is 4.69. The van der Waals surface area contributed by atoms with Gasteiger partial charge in [0, 0.05) is 7.05 Å². The summed E-state index contributed by atoms with van der Waals surface area (Å²) < 4.78 is 31.8. The van der Waals surface area contributed by atoms with Crippen molar-refractivity contribution in [1.29, 1.82) is 0 Å². The predicted octanol–water partition coefficient (Wildman–Crippen LogP) is 0.739. The Kier molecular flexibility index (Phi) is 4.47. The van der Waals surface area contributed by atoms with Crippen LogP contribution in [0.25, 0.3) is 0 Å². The van der Waals surface area contributed by atoms with Gasteiger partial charge in [-0.3, -0.25) is 4.72 Å². The number of nitrogens with one attached hydrogen (secondary N) is 2. The lowest BCUT2D eigenvalue weighted by Gasteiger charge is -2.10. The minimum absolute atomic E-state index is 0.174. The molecule has 0 aliphatic rings. The topological polar surface area (TPSA) is 84.5 Å². The molecule has 0 heterocycles. The second-order valence-electron chi connectivity index (χ2n) is 3.08. The minimum Gasteiger partial charge on any atom is -0.462 e. The van der Waals surface area contributed by atoms with Crippen molar-refractivity contribution >= 4 is 21.9 Å². The van der Waals surface area contributed by atoms with E-state index in [0.29, 0.717) is 0 Å². The molecule has 94 valence electrons. The molecule has 0 aromatic heterocycles. The molecule has 1 aromatic carbocycles. The summed E-state index contributed by atoms with van der Waals surface area (Å²) in [6, 6.07) is 6.23. The highest BCUT2D eigenvalue weighted by atomic mass is 32.2. The Morgan fingerprint density at radius 2 is 2.00 bits per heavy atom. The molecular weight excluding hydrogens is 244 g/mol. The summed E-state index contributed by atoms with van der Waals surface area (Å²) in [5, 5.41) is 0. The first-order valence-electron chi connectivity index (χ1n) is 4.97. The first-order chi connectivity index (χ1) is 8.00. The van der Waals surface area contributed by atoms with Crippen molar-refractivity contribution in [3.8, 4) is 0 Å². The van der Waals surface area contributed by atoms with E-state index in [1.165, 1.54) is 19.2 Å². The van der Waals surface area contributed by atoms with Gasteiger partial charge in [0.1, 0.15) is 0 Å². The molecule has 0 unspecified atom stereocenters. The van der Waals surface area contributed by atoms with Gasteiger partial charge in [0.15, 0.2) is 0 Å². The number of hydrogen-bond donors (Lipinski definition) is 2. The monoisotopic (exact) mass is 258 g/mol. The summed E-state index contributed by atoms with van der Waals surface area (Å²) in [6.45, 7) is 1.91. The third-order valence-electron chi connectivity index (χ3n) is 1.94. The lowest BCUT2D eigenvalue weighted by Crippen LogP contribution is -2.27. The molecule has 0 bridgehead atoms. The number of esters is 1. The van der Waals surface area contributed by atoms with E-state index < -0.39 is 16.2 Å². The van der Waals surface area contributed by atoms with Crippen molar-refractivity contribution in [3.63, 3.8) is 0 Å². The normalized spacial score (nSPS) is 10.9. The Labute approximate surface area is 100 Å². The molecule has 2 N–H and O–H groups in total. The van der Waals surface area contributed by atoms with Gasteiger partial charge in [0.25, 0.3) is 10.2 Å². The van der Waals surface area contributed by atoms with E-state index in [2.05, 4.69) is 9.44 Å². The van der Waals surface area contributed by atoms with E-state index in [1.807, 2.05) is 0 Å². The molecular formula is C10H14N2O4S. The minimum atomic E-state index is -3.65. The number of hydrogen-bond acceptors (Lipinski definition) is 4. The zero-order chi connectivity index (χ0) is 12.9. The lowest BCUT2D eigenvalue weighted by atomic mass is 10.2. The quantitative estimate of drug-likeness (QED) is 0.763. The fraction of sp³-hybridized carbons (Fsp3) is 0.300. The first-order valence-corrected chi connectivity index (χ1v) is 6.46. The lowest BCUT2D eigenvalue weighted by molar-refractivity contribution is 0.0527. The smallest absolute Gasteiger partial charge is 0.340 e. The van der Waals surface area contributed by atoms with Crippen molar-refractivity contribution < 1.29 is 17.9 Å². The zero-order valence-corrected chi connectivity index (χ0v) is 10.4. The van der Waals surface area contributed by atoms with Gasteiger partial charge in [0.2, 0.25) is 0 Å². The fourth-order valence-electron chi connectivity index (χ4n) is 1.15. The van der Waals surface area contributed by atoms with Crippen LogP contribution in [0.2, 0.25) is 0 Å². The van der Waals surface area contributed by atoms with Gasteiger partial charge in [0.05, 0.1) is 17.9 Å². The third-order valence-corrected chi connectivity index (χ3v) is 2.96. The van der Waals surface area contributed by atoms with Crippen LogP contribution < -0.4 is 9.44 Å². The van der Waals surface area contributed by atoms with Gasteiger partial charge >= 0.3 is 5.97 Å². The molecule has 0 atom stereocenters. The van der Waals surface area contributed by atoms with Crippen LogP contribution in [0.4, 0.5) is 5.69 Å². The molecule has 0 saturated heterocycles. The van der Waals surface area contributed by atoms with Gasteiger partial charge in [-0.05, 0) is 19.1 Å². The van der Waals surface area contributed by atoms with Crippen LogP contribution in [0.3, 0.4) is 0 Å². The summed E-state index contributed by atoms with van der Waals surface area (Å²) in [6.07, 6.45) is 0. The van der Waals surface area contributed by atoms with Crippen molar-refractivity contribution in [2.45, 2.75) is 6.92 Å². The predicted molar refractivity (Wildman–Crippen MR) is 64.0 cm³/mol. The summed E-state index contributed by atoms with van der Waals surface area (Å²) >= 11 is 0. The zero-order valence-electron chi connectivity index (χ0n) is 9.56. The van der Waals surface area contributed by atoms with Crippen molar-refractivity contribution in [2.24, 2.45) is 0 Å². The van der Waals surface area contributed by atoms with Crippen LogP contribution in [0.5, 0.6) is 0 Å². The van der Waals surface area contributed by atoms with E-state index in [9.17, 15) is 13.2 Å². The Bertz CT molecular complexity index is 499. The number of para-hydroxylation sites is 1. The van der Waals surface area contributed by atoms with Gasteiger partial charge < -0.3 is 4.74 Å². The number of benzene rings is 1. The van der Waals surface area contributed by atoms with E-state index in [-0.39, 0.29) is 17.9 Å². The Morgan fingerprint density at radius 3 is 2.59 bits per heavy atom. The van der Waals surface area contributed by atoms with Gasteiger partial charge in [-0.1, -0.05) is 12.1 Å². The molecule has 0 spiro atoms. The standard InChI is InChI=1S/C10H14N2O4S/c1-3-16-10(13)8-6-4-5-7-9(8)12-17(14,15)11-2/h4-7,11-12H,3H2,1-2H3. The van der Waals surface area contributed by atoms with E-state index in [0.717, 1.165) is 0 Å². The Hall–Kier alpha value is -1.60. The van der Waals surface area contributed by atoms with Crippen LogP contribution in [0.15, 0.2) is 24.3 Å². The SMILES string of the molecule is CCOC(=O)c1ccccc1NS(=O)(=O)NC. The number of carbonyl (C=O) groups excluding carboxylic acids is 1. The van der Waals surface area contributed by atoms with Crippen LogP contribution in [-0.4, -0.2) is 28.0 Å². The molecule has 6 nitrogen and oxygen atoms in total. The molecule has 0 aliphatic heterocycles. The third kappa shape index (κ3) is 3.72. The Balaban J connectivity index is 3.04. The van der Waals surface area contributed by atoms with Crippen LogP contribution in [0, 0.1) is 0 Å². The number of ether oxygens (including phenoxy) is 1. The molecule has 1 aromatic rings. The molecule has 7 heteroatoms. The van der Waals surface area contributed by atoms with Crippen LogP contribution >= 0.6 is 0 Å². The van der Waals surface area contributed by atoms with Crippen molar-refractivity contribution in [3.05, 3.63) is 29.8 Å². The maximum absolute atomic E-state index is 11.6. The largest absolute Gasteiger partial charge is 0.462 e. The van der Waals surface area contributed by atoms with Crippen molar-refractivity contribution in [2.75, 3.05) is 18.4 Å². The highest BCUT2D eigenvalue weighted by Crippen LogP contribution is 2.17. The van der Waals surface area contributed by atoms with Crippen LogP contribution in [0.1, 0.15) is 17.3 Å². The number of anilines is 1. The molecule has 0 saturated carbocycles. The molecule has 0 fully saturated rings. The summed E-state index contributed by atoms with van der Waals surface area (Å²) in [5.74, 6) is -0.568. The number of rotatable bonds is 5. The van der Waals surface area contributed by atoms with E-state index >= 15 is 0 Å². The summed E-state index contributed by atoms with van der Waals surface area (Å²) in [7, 11) is -2.38. The van der Waals surface area contributed by atoms with E-state index in [4.69, 9.17) is 4.74 Å². The Morgan fingerprint density at radius 1 is 1.35 bits per heavy atom. The summed E-state index contributed by atoms with van der Waals surface area (Å²) in [4.78, 5) is 11.6. The average Bonchev–Trinajstić information content (AvgIpc) is 2.29. The fourth-order valence-corrected chi connectivity index (χ4v) is 1.72. The molecule has 1 rings (SSSR count). The van der Waals surface area contributed by atoms with Crippen molar-refractivity contribution in [1.82, 2.24) is 4.72 Å². The van der Waals surface area contributed by atoms with E-state index in [1.54, 1.807) is 19.1 Å². The second kappa shape index (κ2) is 5.65. The average molecular weight is 258 g/mol. The maximum Gasteiger partial charge on any atom is 0.340 e. The summed E-state index contributed by atoms with van der Waals surface area (Å²) in [5.41, 5.74) is 0.355. The first kappa shape index (κ1) is 13.5. The van der Waals surface area contributed by atoms with Gasteiger partial charge in [-0.25, -0.2) is 9.52 Å².